The van der Waals surface area contributed by atoms with Crippen LogP contribution in [0.2, 0.25) is 0 Å². The predicted octanol–water partition coefficient (Wildman–Crippen LogP) is 1.35. The highest BCUT2D eigenvalue weighted by Gasteiger charge is 2.10. The van der Waals surface area contributed by atoms with Crippen LogP contribution in [0, 0.1) is 0 Å². The van der Waals surface area contributed by atoms with E-state index in [1.165, 1.54) is 0 Å². The van der Waals surface area contributed by atoms with Gasteiger partial charge < -0.3 is 10.00 Å². The summed E-state index contributed by atoms with van der Waals surface area (Å²) in [5.74, 6) is -1.19. The number of aliphatic carboxylic acids is 1. The molecule has 0 fully saturated rings. The van der Waals surface area contributed by atoms with Crippen molar-refractivity contribution in [3.8, 4) is 0 Å². The second-order valence-corrected chi connectivity index (χ2v) is 3.00. The summed E-state index contributed by atoms with van der Waals surface area (Å²) in [5, 5.41) is 8.34. The average Bonchev–Trinajstić information content (AvgIpc) is 1.81. The standard InChI is InChI=1S/C4H5Cl2O3P/c5-3(6)2(1-10-9)4(7)8/h9-10H,1H2,(H,7,8). The third-order valence-electron chi connectivity index (χ3n) is 0.742. The van der Waals surface area contributed by atoms with Crippen LogP contribution in [-0.4, -0.2) is 22.1 Å². The Balaban J connectivity index is 4.28. The number of hydrogen-bond donors (Lipinski definition) is 2. The second kappa shape index (κ2) is 4.91. The zero-order chi connectivity index (χ0) is 8.15. The molecule has 6 heteroatoms. The number of rotatable bonds is 3. The highest BCUT2D eigenvalue weighted by Crippen LogP contribution is 2.19. The van der Waals surface area contributed by atoms with E-state index in [0.717, 1.165) is 0 Å². The molecule has 0 saturated carbocycles. The first-order valence-corrected chi connectivity index (χ1v) is 4.15. The minimum absolute atomic E-state index is 0.00231. The molecule has 58 valence electrons. The first kappa shape index (κ1) is 10.2. The zero-order valence-electron chi connectivity index (χ0n) is 4.77. The predicted molar refractivity (Wildman–Crippen MR) is 41.8 cm³/mol. The van der Waals surface area contributed by atoms with Gasteiger partial charge in [0, 0.05) is 15.0 Å². The molecule has 0 saturated heterocycles. The Morgan fingerprint density at radius 1 is 1.50 bits per heavy atom. The third-order valence-corrected chi connectivity index (χ3v) is 1.71. The van der Waals surface area contributed by atoms with Crippen LogP contribution < -0.4 is 0 Å². The Bertz CT molecular complexity index is 164. The Labute approximate surface area is 69.5 Å². The van der Waals surface area contributed by atoms with Crippen LogP contribution >= 0.6 is 32.0 Å². The van der Waals surface area contributed by atoms with E-state index < -0.39 is 14.8 Å². The molecular formula is C4H5Cl2O3P. The maximum Gasteiger partial charge on any atom is 0.334 e. The molecule has 0 radical (unpaired) electrons. The van der Waals surface area contributed by atoms with Crippen LogP contribution in [0.1, 0.15) is 0 Å². The molecule has 0 aromatic rings. The summed E-state index contributed by atoms with van der Waals surface area (Å²) < 4.78 is -0.297. The molecular weight excluding hydrogens is 198 g/mol. The van der Waals surface area contributed by atoms with Gasteiger partial charge in [-0.25, -0.2) is 4.79 Å². The minimum Gasteiger partial charge on any atom is -0.478 e. The molecule has 0 bridgehead atoms. The topological polar surface area (TPSA) is 57.5 Å². The maximum absolute atomic E-state index is 10.2. The lowest BCUT2D eigenvalue weighted by molar-refractivity contribution is -0.132. The molecule has 0 amide bonds. The number of carboxylic acid groups (broad SMARTS) is 1. The molecule has 0 aromatic heterocycles. The maximum atomic E-state index is 10.2. The molecule has 2 N–H and O–H groups in total. The van der Waals surface area contributed by atoms with Crippen molar-refractivity contribution in [3.05, 3.63) is 10.1 Å². The fourth-order valence-corrected chi connectivity index (χ4v) is 1.31. The zero-order valence-corrected chi connectivity index (χ0v) is 7.28. The monoisotopic (exact) mass is 202 g/mol. The number of carboxylic acids is 1. The Morgan fingerprint density at radius 3 is 2.10 bits per heavy atom. The van der Waals surface area contributed by atoms with Crippen molar-refractivity contribution in [2.75, 3.05) is 6.16 Å². The van der Waals surface area contributed by atoms with E-state index in [1.807, 2.05) is 0 Å². The summed E-state index contributed by atoms with van der Waals surface area (Å²) in [6.07, 6.45) is -0.00231. The van der Waals surface area contributed by atoms with Crippen LogP contribution in [0.3, 0.4) is 0 Å². The van der Waals surface area contributed by atoms with Gasteiger partial charge >= 0.3 is 5.97 Å². The molecule has 0 aliphatic rings. The summed E-state index contributed by atoms with van der Waals surface area (Å²) in [6, 6.07) is 0. The molecule has 0 spiro atoms. The lowest BCUT2D eigenvalue weighted by atomic mass is 10.4. The van der Waals surface area contributed by atoms with Gasteiger partial charge in [0.1, 0.15) is 4.49 Å². The number of halogens is 2. The van der Waals surface area contributed by atoms with Crippen molar-refractivity contribution in [2.24, 2.45) is 0 Å². The smallest absolute Gasteiger partial charge is 0.334 e. The highest BCUT2D eigenvalue weighted by atomic mass is 35.5. The van der Waals surface area contributed by atoms with Gasteiger partial charge in [-0.1, -0.05) is 23.2 Å². The van der Waals surface area contributed by atoms with E-state index in [0.29, 0.717) is 0 Å². The molecule has 1 unspecified atom stereocenters. The molecule has 0 aromatic carbocycles. The number of carbonyl (C=O) groups is 1. The van der Waals surface area contributed by atoms with Crippen LogP contribution in [-0.2, 0) is 4.79 Å². The van der Waals surface area contributed by atoms with Crippen molar-refractivity contribution in [3.63, 3.8) is 0 Å². The van der Waals surface area contributed by atoms with E-state index in [2.05, 4.69) is 0 Å². The van der Waals surface area contributed by atoms with Crippen molar-refractivity contribution in [2.45, 2.75) is 0 Å². The SMILES string of the molecule is O=C(O)C(CPO)=C(Cl)Cl. The molecule has 0 rings (SSSR count). The number of hydrogen-bond acceptors (Lipinski definition) is 2. The molecule has 0 heterocycles. The van der Waals surface area contributed by atoms with Gasteiger partial charge in [-0.05, 0) is 0 Å². The highest BCUT2D eigenvalue weighted by molar-refractivity contribution is 7.31. The fourth-order valence-electron chi connectivity index (χ4n) is 0.302. The first-order valence-electron chi connectivity index (χ1n) is 2.24. The summed E-state index contributed by atoms with van der Waals surface area (Å²) in [4.78, 5) is 18.5. The van der Waals surface area contributed by atoms with Crippen LogP contribution in [0.4, 0.5) is 0 Å². The van der Waals surface area contributed by atoms with Crippen molar-refractivity contribution in [1.29, 1.82) is 0 Å². The third kappa shape index (κ3) is 3.37. The Hall–Kier alpha value is 0.180. The van der Waals surface area contributed by atoms with Crippen LogP contribution in [0.5, 0.6) is 0 Å². The molecule has 1 atom stereocenters. The van der Waals surface area contributed by atoms with Gasteiger partial charge in [-0.3, -0.25) is 0 Å². The first-order chi connectivity index (χ1) is 4.59. The normalized spacial score (nSPS) is 10.3. The van der Waals surface area contributed by atoms with Crippen molar-refractivity contribution in [1.82, 2.24) is 0 Å². The van der Waals surface area contributed by atoms with E-state index in [9.17, 15) is 4.79 Å². The summed E-state index contributed by atoms with van der Waals surface area (Å²) in [7, 11) is -0.484. The molecule has 3 nitrogen and oxygen atoms in total. The summed E-state index contributed by atoms with van der Waals surface area (Å²) >= 11 is 10.4. The van der Waals surface area contributed by atoms with Crippen LogP contribution in [0.15, 0.2) is 10.1 Å². The van der Waals surface area contributed by atoms with E-state index in [4.69, 9.17) is 33.2 Å². The molecule has 0 aliphatic carbocycles. The van der Waals surface area contributed by atoms with E-state index >= 15 is 0 Å². The quantitative estimate of drug-likeness (QED) is 0.537. The second-order valence-electron chi connectivity index (χ2n) is 1.38. The summed E-state index contributed by atoms with van der Waals surface area (Å²) in [6.45, 7) is 0. The largest absolute Gasteiger partial charge is 0.478 e. The van der Waals surface area contributed by atoms with Gasteiger partial charge in [0.2, 0.25) is 0 Å². The average molecular weight is 203 g/mol. The minimum atomic E-state index is -1.19. The van der Waals surface area contributed by atoms with Gasteiger partial charge in [-0.15, -0.1) is 0 Å². The Morgan fingerprint density at radius 2 is 2.00 bits per heavy atom. The van der Waals surface area contributed by atoms with Gasteiger partial charge in [0.05, 0.1) is 5.57 Å². The lowest BCUT2D eigenvalue weighted by Gasteiger charge is -1.96. The van der Waals surface area contributed by atoms with Crippen molar-refractivity contribution < 1.29 is 14.8 Å². The summed E-state index contributed by atoms with van der Waals surface area (Å²) in [5.41, 5.74) is -0.149. The van der Waals surface area contributed by atoms with Crippen LogP contribution in [0.25, 0.3) is 0 Å². The van der Waals surface area contributed by atoms with E-state index in [1.54, 1.807) is 0 Å². The Kier molecular flexibility index (Phi) is 5.00. The van der Waals surface area contributed by atoms with Gasteiger partial charge in [0.15, 0.2) is 0 Å². The molecule has 10 heavy (non-hydrogen) atoms. The van der Waals surface area contributed by atoms with E-state index in [-0.39, 0.29) is 16.2 Å². The van der Waals surface area contributed by atoms with Gasteiger partial charge in [0.25, 0.3) is 0 Å². The van der Waals surface area contributed by atoms with Crippen molar-refractivity contribution >= 4 is 38.0 Å². The molecule has 0 aliphatic heterocycles. The van der Waals surface area contributed by atoms with Gasteiger partial charge in [-0.2, -0.15) is 0 Å². The fraction of sp³-hybridized carbons (Fsp3) is 0.250. The lowest BCUT2D eigenvalue weighted by Crippen LogP contribution is -2.02.